The molecule has 0 aliphatic carbocycles. The number of hydrogen-bond donors (Lipinski definition) is 1. The van der Waals surface area contributed by atoms with Gasteiger partial charge >= 0.3 is 0 Å². The Bertz CT molecular complexity index is 663. The summed E-state index contributed by atoms with van der Waals surface area (Å²) < 4.78 is 24.3. The van der Waals surface area contributed by atoms with Crippen LogP contribution in [0.4, 0.5) is 4.39 Å². The molecule has 1 aliphatic rings. The zero-order valence-electron chi connectivity index (χ0n) is 11.5. The van der Waals surface area contributed by atoms with Crippen LogP contribution in [0.3, 0.4) is 0 Å². The van der Waals surface area contributed by atoms with Crippen molar-refractivity contribution in [1.29, 1.82) is 0 Å². The van der Waals surface area contributed by atoms with Crippen molar-refractivity contribution in [3.05, 3.63) is 58.4 Å². The fourth-order valence-corrected chi connectivity index (χ4v) is 2.54. The summed E-state index contributed by atoms with van der Waals surface area (Å²) in [5, 5.41) is 3.55. The molecule has 5 heteroatoms. The minimum Gasteiger partial charge on any atom is -0.491 e. The van der Waals surface area contributed by atoms with Crippen LogP contribution >= 0.6 is 11.6 Å². The third-order valence-corrected chi connectivity index (χ3v) is 3.88. The number of halogens is 2. The summed E-state index contributed by atoms with van der Waals surface area (Å²) in [6.07, 6.45) is 0. The monoisotopic (exact) mass is 307 g/mol. The van der Waals surface area contributed by atoms with E-state index in [-0.39, 0.29) is 18.5 Å². The number of benzene rings is 2. The fourth-order valence-electron chi connectivity index (χ4n) is 2.32. The van der Waals surface area contributed by atoms with Crippen LogP contribution < -0.4 is 14.8 Å². The van der Waals surface area contributed by atoms with Gasteiger partial charge in [-0.05, 0) is 31.3 Å². The van der Waals surface area contributed by atoms with Crippen LogP contribution in [0.5, 0.6) is 11.5 Å². The van der Waals surface area contributed by atoms with Gasteiger partial charge in [0.2, 0.25) is 0 Å². The quantitative estimate of drug-likeness (QED) is 0.934. The average Bonchev–Trinajstić information content (AvgIpc) is 2.88. The number of ether oxygens (including phenoxy) is 2. The van der Waals surface area contributed by atoms with Gasteiger partial charge in [0.25, 0.3) is 0 Å². The van der Waals surface area contributed by atoms with Crippen LogP contribution in [0, 0.1) is 5.82 Å². The molecule has 3 nitrogen and oxygen atoms in total. The van der Waals surface area contributed by atoms with Crippen molar-refractivity contribution >= 4 is 11.6 Å². The lowest BCUT2D eigenvalue weighted by molar-refractivity contribution is 0.298. The van der Waals surface area contributed by atoms with Crippen molar-refractivity contribution < 1.29 is 13.9 Å². The summed E-state index contributed by atoms with van der Waals surface area (Å²) in [5.74, 6) is 1.18. The topological polar surface area (TPSA) is 30.5 Å². The van der Waals surface area contributed by atoms with E-state index in [4.69, 9.17) is 21.1 Å². The average molecular weight is 308 g/mol. The van der Waals surface area contributed by atoms with Crippen LogP contribution in [0.2, 0.25) is 5.02 Å². The Morgan fingerprint density at radius 2 is 2.19 bits per heavy atom. The van der Waals surface area contributed by atoms with E-state index >= 15 is 0 Å². The molecule has 0 saturated carbocycles. The molecule has 0 bridgehead atoms. The van der Waals surface area contributed by atoms with Gasteiger partial charge < -0.3 is 14.8 Å². The lowest BCUT2D eigenvalue weighted by Gasteiger charge is -2.10. The van der Waals surface area contributed by atoms with Gasteiger partial charge in [0.05, 0.1) is 11.1 Å². The lowest BCUT2D eigenvalue weighted by Crippen LogP contribution is -2.17. The normalized spacial score (nSPS) is 16.4. The second-order valence-corrected chi connectivity index (χ2v) is 5.28. The first kappa shape index (κ1) is 14.2. The van der Waals surface area contributed by atoms with E-state index in [9.17, 15) is 4.39 Å². The number of hydrogen-bond acceptors (Lipinski definition) is 3. The summed E-state index contributed by atoms with van der Waals surface area (Å²) in [5.41, 5.74) is 1.87. The summed E-state index contributed by atoms with van der Waals surface area (Å²) in [4.78, 5) is 0. The Balaban J connectivity index is 1.72. The molecule has 1 aliphatic heterocycles. The summed E-state index contributed by atoms with van der Waals surface area (Å²) >= 11 is 5.97. The van der Waals surface area contributed by atoms with Crippen LogP contribution in [0.15, 0.2) is 36.4 Å². The third-order valence-electron chi connectivity index (χ3n) is 3.52. The van der Waals surface area contributed by atoms with E-state index in [1.54, 1.807) is 6.07 Å². The molecule has 1 atom stereocenters. The van der Waals surface area contributed by atoms with Crippen molar-refractivity contribution in [2.24, 2.45) is 0 Å². The fraction of sp³-hybridized carbons (Fsp3) is 0.250. The maximum absolute atomic E-state index is 13.0. The first-order valence-corrected chi connectivity index (χ1v) is 7.06. The molecule has 1 unspecified atom stereocenters. The van der Waals surface area contributed by atoms with Crippen molar-refractivity contribution in [2.45, 2.75) is 12.6 Å². The Morgan fingerprint density at radius 3 is 2.95 bits per heavy atom. The molecule has 0 fully saturated rings. The van der Waals surface area contributed by atoms with Crippen molar-refractivity contribution in [3.8, 4) is 11.5 Å². The SMILES string of the molecule is CNC1COc2cc(OCc3ccc(F)cc3Cl)ccc21. The first-order chi connectivity index (χ1) is 10.2. The molecule has 0 radical (unpaired) electrons. The molecule has 2 aromatic rings. The standard InChI is InChI=1S/C16H15ClFNO2/c1-19-15-9-21-16-7-12(4-5-13(15)16)20-8-10-2-3-11(18)6-14(10)17/h2-7,15,19H,8-9H2,1H3. The van der Waals surface area contributed by atoms with Gasteiger partial charge in [-0.1, -0.05) is 17.7 Å². The lowest BCUT2D eigenvalue weighted by atomic mass is 10.1. The van der Waals surface area contributed by atoms with E-state index in [0.29, 0.717) is 17.4 Å². The Hall–Kier alpha value is -1.78. The van der Waals surface area contributed by atoms with E-state index in [2.05, 4.69) is 5.32 Å². The highest BCUT2D eigenvalue weighted by Crippen LogP contribution is 2.35. The number of rotatable bonds is 4. The highest BCUT2D eigenvalue weighted by atomic mass is 35.5. The summed E-state index contributed by atoms with van der Waals surface area (Å²) in [7, 11) is 1.91. The Morgan fingerprint density at radius 1 is 1.33 bits per heavy atom. The largest absolute Gasteiger partial charge is 0.491 e. The van der Waals surface area contributed by atoms with Gasteiger partial charge in [-0.15, -0.1) is 0 Å². The third kappa shape index (κ3) is 2.96. The molecule has 110 valence electrons. The molecule has 3 rings (SSSR count). The molecule has 1 N–H and O–H groups in total. The number of likely N-dealkylation sites (N-methyl/N-ethyl adjacent to an activating group) is 1. The zero-order valence-corrected chi connectivity index (χ0v) is 12.3. The molecule has 1 heterocycles. The highest BCUT2D eigenvalue weighted by molar-refractivity contribution is 6.31. The first-order valence-electron chi connectivity index (χ1n) is 6.68. The maximum Gasteiger partial charge on any atom is 0.127 e. The number of fused-ring (bicyclic) bond motifs is 1. The minimum absolute atomic E-state index is 0.223. The smallest absolute Gasteiger partial charge is 0.127 e. The van der Waals surface area contributed by atoms with Gasteiger partial charge in [-0.3, -0.25) is 0 Å². The van der Waals surface area contributed by atoms with Gasteiger partial charge in [-0.2, -0.15) is 0 Å². The second-order valence-electron chi connectivity index (χ2n) is 4.88. The molecule has 2 aromatic carbocycles. The summed E-state index contributed by atoms with van der Waals surface area (Å²) in [6.45, 7) is 0.909. The van der Waals surface area contributed by atoms with Crippen LogP contribution in [0.25, 0.3) is 0 Å². The van der Waals surface area contributed by atoms with Crippen LogP contribution in [-0.4, -0.2) is 13.7 Å². The predicted molar refractivity (Wildman–Crippen MR) is 79.5 cm³/mol. The molecule has 0 saturated heterocycles. The van der Waals surface area contributed by atoms with Crippen molar-refractivity contribution in [2.75, 3.05) is 13.7 Å². The maximum atomic E-state index is 13.0. The number of nitrogens with one attached hydrogen (secondary N) is 1. The molecule has 0 amide bonds. The Kier molecular flexibility index (Phi) is 3.99. The van der Waals surface area contributed by atoms with E-state index in [1.165, 1.54) is 12.1 Å². The molecular weight excluding hydrogens is 293 g/mol. The van der Waals surface area contributed by atoms with Gasteiger partial charge in [0.1, 0.15) is 30.5 Å². The molecule has 0 spiro atoms. The highest BCUT2D eigenvalue weighted by Gasteiger charge is 2.22. The zero-order chi connectivity index (χ0) is 14.8. The minimum atomic E-state index is -0.354. The van der Waals surface area contributed by atoms with Gasteiger partial charge in [0, 0.05) is 17.2 Å². The van der Waals surface area contributed by atoms with Crippen LogP contribution in [0.1, 0.15) is 17.2 Å². The molecular formula is C16H15ClFNO2. The van der Waals surface area contributed by atoms with Gasteiger partial charge in [0.15, 0.2) is 0 Å². The Labute approximate surface area is 127 Å². The summed E-state index contributed by atoms with van der Waals surface area (Å²) in [6, 6.07) is 10.3. The van der Waals surface area contributed by atoms with E-state index in [0.717, 1.165) is 16.9 Å². The second kappa shape index (κ2) is 5.92. The van der Waals surface area contributed by atoms with Crippen LogP contribution in [-0.2, 0) is 6.61 Å². The predicted octanol–water partition coefficient (Wildman–Crippen LogP) is 3.71. The molecule has 21 heavy (non-hydrogen) atoms. The molecule has 0 aromatic heterocycles. The van der Waals surface area contributed by atoms with Crippen molar-refractivity contribution in [3.63, 3.8) is 0 Å². The van der Waals surface area contributed by atoms with E-state index < -0.39 is 0 Å². The van der Waals surface area contributed by atoms with Gasteiger partial charge in [-0.25, -0.2) is 4.39 Å². The van der Waals surface area contributed by atoms with E-state index in [1.807, 2.05) is 25.2 Å². The van der Waals surface area contributed by atoms with Crippen molar-refractivity contribution in [1.82, 2.24) is 5.32 Å².